The van der Waals surface area contributed by atoms with Crippen LogP contribution in [0.25, 0.3) is 22.3 Å². The van der Waals surface area contributed by atoms with Crippen molar-refractivity contribution in [2.45, 2.75) is 58.0 Å². The van der Waals surface area contributed by atoms with E-state index in [1.165, 1.54) is 6.33 Å². The van der Waals surface area contributed by atoms with Crippen molar-refractivity contribution in [3.05, 3.63) is 60.4 Å². The van der Waals surface area contributed by atoms with Crippen molar-refractivity contribution in [1.82, 2.24) is 29.5 Å². The molecule has 0 bridgehead atoms. The molecule has 1 aliphatic carbocycles. The maximum absolute atomic E-state index is 12.2. The molecule has 1 saturated heterocycles. The van der Waals surface area contributed by atoms with E-state index in [-0.39, 0.29) is 24.2 Å². The van der Waals surface area contributed by atoms with Crippen LogP contribution >= 0.6 is 0 Å². The van der Waals surface area contributed by atoms with Crippen LogP contribution in [0.4, 0.5) is 5.82 Å². The van der Waals surface area contributed by atoms with Gasteiger partial charge in [0.1, 0.15) is 35.1 Å². The van der Waals surface area contributed by atoms with E-state index < -0.39 is 0 Å². The van der Waals surface area contributed by atoms with Gasteiger partial charge in [-0.05, 0) is 62.9 Å². The first-order chi connectivity index (χ1) is 20.4. The van der Waals surface area contributed by atoms with E-state index in [2.05, 4.69) is 14.9 Å². The molecule has 0 spiro atoms. The highest BCUT2D eigenvalue weighted by Crippen LogP contribution is 2.38. The molecule has 4 aromatic rings. The van der Waals surface area contributed by atoms with Crippen LogP contribution in [-0.4, -0.2) is 73.5 Å². The Morgan fingerprint density at radius 3 is 2.33 bits per heavy atom. The highest BCUT2D eigenvalue weighted by atomic mass is 16.5. The lowest BCUT2D eigenvalue weighted by Gasteiger charge is -2.41. The summed E-state index contributed by atoms with van der Waals surface area (Å²) in [5.41, 5.74) is 9.49. The quantitative estimate of drug-likeness (QED) is 0.343. The fourth-order valence-electron chi connectivity index (χ4n) is 6.37. The van der Waals surface area contributed by atoms with Gasteiger partial charge in [0.25, 0.3) is 0 Å². The fourth-order valence-corrected chi connectivity index (χ4v) is 6.37. The predicted octanol–water partition coefficient (Wildman–Crippen LogP) is 4.65. The number of carbonyl (C=O) groups is 2. The summed E-state index contributed by atoms with van der Waals surface area (Å²) in [5, 5.41) is 5.82. The van der Waals surface area contributed by atoms with Gasteiger partial charge in [-0.3, -0.25) is 14.5 Å². The topological polar surface area (TPSA) is 119 Å². The number of aromatic nitrogens is 4. The van der Waals surface area contributed by atoms with Gasteiger partial charge in [0.15, 0.2) is 5.65 Å². The number of ether oxygens (including phenoxy) is 1. The highest BCUT2D eigenvalue weighted by molar-refractivity contribution is 5.98. The minimum atomic E-state index is 0.0442. The summed E-state index contributed by atoms with van der Waals surface area (Å²) in [7, 11) is 0. The van der Waals surface area contributed by atoms with E-state index in [0.29, 0.717) is 29.1 Å². The van der Waals surface area contributed by atoms with E-state index >= 15 is 0 Å². The first-order valence-corrected chi connectivity index (χ1v) is 14.7. The first-order valence-electron chi connectivity index (χ1n) is 14.7. The van der Waals surface area contributed by atoms with Gasteiger partial charge in [-0.2, -0.15) is 5.10 Å². The Morgan fingerprint density at radius 2 is 1.64 bits per heavy atom. The molecule has 42 heavy (non-hydrogen) atoms. The molecule has 10 nitrogen and oxygen atoms in total. The number of benzene rings is 2. The smallest absolute Gasteiger partial charge is 0.219 e. The summed E-state index contributed by atoms with van der Waals surface area (Å²) in [6, 6.07) is 16.1. The third kappa shape index (κ3) is 5.72. The monoisotopic (exact) mass is 567 g/mol. The number of piperazine rings is 1. The molecule has 0 unspecified atom stereocenters. The number of carbonyl (C=O) groups excluding carboxylic acids is 2. The average molecular weight is 568 g/mol. The number of fused-ring (bicyclic) bond motifs is 1. The van der Waals surface area contributed by atoms with Gasteiger partial charge < -0.3 is 15.4 Å². The maximum atomic E-state index is 12.2. The highest BCUT2D eigenvalue weighted by Gasteiger charge is 2.31. The van der Waals surface area contributed by atoms with E-state index in [9.17, 15) is 9.59 Å². The molecular formula is C32H37N7O3. The Balaban J connectivity index is 1.27. The fraction of sp³-hybridized carbons (Fsp3) is 0.406. The van der Waals surface area contributed by atoms with Gasteiger partial charge in [-0.1, -0.05) is 18.2 Å². The molecule has 2 N–H and O–H groups in total. The lowest BCUT2D eigenvalue weighted by molar-refractivity contribution is -0.131. The van der Waals surface area contributed by atoms with Crippen LogP contribution < -0.4 is 10.5 Å². The van der Waals surface area contributed by atoms with Crippen molar-refractivity contribution in [3.8, 4) is 22.8 Å². The van der Waals surface area contributed by atoms with E-state index in [1.807, 2.05) is 58.1 Å². The minimum absolute atomic E-state index is 0.0442. The van der Waals surface area contributed by atoms with Gasteiger partial charge in [0.2, 0.25) is 5.91 Å². The number of Topliss-reactive ketones (excluding diaryl/α,β-unsaturated/α-hetero) is 1. The van der Waals surface area contributed by atoms with Crippen molar-refractivity contribution in [2.75, 3.05) is 31.9 Å². The summed E-state index contributed by atoms with van der Waals surface area (Å²) in [6.45, 7) is 6.70. The lowest BCUT2D eigenvalue weighted by Crippen LogP contribution is -2.52. The number of ketones is 1. The summed E-state index contributed by atoms with van der Waals surface area (Å²) in [6.07, 6.45) is 5.84. The van der Waals surface area contributed by atoms with Crippen molar-refractivity contribution >= 4 is 28.5 Å². The summed E-state index contributed by atoms with van der Waals surface area (Å²) >= 11 is 0. The number of nitrogen functional groups attached to an aromatic ring is 1. The number of nitrogens with zero attached hydrogens (tertiary/aromatic N) is 6. The maximum Gasteiger partial charge on any atom is 0.219 e. The number of amides is 1. The van der Waals surface area contributed by atoms with Crippen LogP contribution in [0, 0.1) is 0 Å². The minimum Gasteiger partial charge on any atom is -0.457 e. The Kier molecular flexibility index (Phi) is 7.88. The Bertz CT molecular complexity index is 1590. The number of anilines is 1. The third-order valence-corrected chi connectivity index (χ3v) is 8.55. The Morgan fingerprint density at radius 1 is 0.929 bits per heavy atom. The zero-order valence-corrected chi connectivity index (χ0v) is 24.2. The molecule has 2 aromatic heterocycles. The predicted molar refractivity (Wildman–Crippen MR) is 161 cm³/mol. The molecule has 0 radical (unpaired) electrons. The van der Waals surface area contributed by atoms with Crippen LogP contribution in [0.5, 0.6) is 11.5 Å². The van der Waals surface area contributed by atoms with Crippen molar-refractivity contribution in [2.24, 2.45) is 0 Å². The first kappa shape index (κ1) is 27.8. The second kappa shape index (κ2) is 11.9. The molecule has 2 fully saturated rings. The standard InChI is InChI=1S/C32H37N7O3/c1-21(40)18-24-19-23(8-13-28(24)42-27-6-4-3-5-7-27)30-29-31(33)34-20-35-32(29)39(36-30)26-11-9-25(10-12-26)38-16-14-37(15-17-38)22(2)41/h3-8,13,19-20,25-26H,9-12,14-18H2,1-2H3,(H2,33,34,35). The second-order valence-electron chi connectivity index (χ2n) is 11.4. The zero-order chi connectivity index (χ0) is 29.2. The Labute approximate surface area is 245 Å². The molecule has 3 heterocycles. The summed E-state index contributed by atoms with van der Waals surface area (Å²) in [5.74, 6) is 1.93. The van der Waals surface area contributed by atoms with E-state index in [1.54, 1.807) is 13.8 Å². The van der Waals surface area contributed by atoms with Crippen LogP contribution in [0.15, 0.2) is 54.9 Å². The molecule has 1 saturated carbocycles. The molecular weight excluding hydrogens is 530 g/mol. The van der Waals surface area contributed by atoms with Crippen molar-refractivity contribution < 1.29 is 14.3 Å². The average Bonchev–Trinajstić information content (AvgIpc) is 3.39. The van der Waals surface area contributed by atoms with Gasteiger partial charge in [-0.15, -0.1) is 0 Å². The molecule has 2 aliphatic rings. The number of para-hydroxylation sites is 1. The molecule has 1 amide bonds. The third-order valence-electron chi connectivity index (χ3n) is 8.55. The van der Waals surface area contributed by atoms with Crippen LogP contribution in [0.1, 0.15) is 51.1 Å². The largest absolute Gasteiger partial charge is 0.457 e. The van der Waals surface area contributed by atoms with Gasteiger partial charge in [0, 0.05) is 56.7 Å². The van der Waals surface area contributed by atoms with Crippen LogP contribution in [-0.2, 0) is 16.0 Å². The molecule has 2 aromatic carbocycles. The SMILES string of the molecule is CC(=O)Cc1cc(-c2nn(C3CCC(N4CCN(C(C)=O)CC4)CC3)c3ncnc(N)c23)ccc1Oc1ccccc1. The van der Waals surface area contributed by atoms with E-state index in [4.69, 9.17) is 15.6 Å². The molecule has 10 heteroatoms. The van der Waals surface area contributed by atoms with Gasteiger partial charge >= 0.3 is 0 Å². The lowest BCUT2D eigenvalue weighted by atomic mass is 9.90. The van der Waals surface area contributed by atoms with Crippen molar-refractivity contribution in [1.29, 1.82) is 0 Å². The summed E-state index contributed by atoms with van der Waals surface area (Å²) in [4.78, 5) is 37.3. The van der Waals surface area contributed by atoms with Crippen LogP contribution in [0.2, 0.25) is 0 Å². The zero-order valence-electron chi connectivity index (χ0n) is 24.2. The van der Waals surface area contributed by atoms with E-state index in [0.717, 1.165) is 74.0 Å². The number of hydrogen-bond donors (Lipinski definition) is 1. The molecule has 1 aliphatic heterocycles. The molecule has 0 atom stereocenters. The molecule has 6 rings (SSSR count). The van der Waals surface area contributed by atoms with Crippen molar-refractivity contribution in [3.63, 3.8) is 0 Å². The number of nitrogens with two attached hydrogens (primary N) is 1. The van der Waals surface area contributed by atoms with Gasteiger partial charge in [0.05, 0.1) is 11.4 Å². The number of hydrogen-bond acceptors (Lipinski definition) is 8. The Hall–Kier alpha value is -4.31. The second-order valence-corrected chi connectivity index (χ2v) is 11.4. The molecule has 218 valence electrons. The normalized spacial score (nSPS) is 19.6. The van der Waals surface area contributed by atoms with Gasteiger partial charge in [-0.25, -0.2) is 14.6 Å². The summed E-state index contributed by atoms with van der Waals surface area (Å²) < 4.78 is 8.17. The number of rotatable bonds is 7. The van der Waals surface area contributed by atoms with Crippen LogP contribution in [0.3, 0.4) is 0 Å².